The molecule has 106 valence electrons. The highest BCUT2D eigenvalue weighted by Gasteiger charge is 2.04. The fourth-order valence-corrected chi connectivity index (χ4v) is 1.96. The van der Waals surface area contributed by atoms with Gasteiger partial charge in [0.05, 0.1) is 16.9 Å². The molecule has 0 saturated heterocycles. The lowest BCUT2D eigenvalue weighted by Crippen LogP contribution is -1.99. The summed E-state index contributed by atoms with van der Waals surface area (Å²) in [6.45, 7) is 0. The van der Waals surface area contributed by atoms with Crippen LogP contribution in [0.1, 0.15) is 11.4 Å². The maximum atomic E-state index is 9.04. The van der Waals surface area contributed by atoms with Gasteiger partial charge in [-0.3, -0.25) is 0 Å². The molecule has 0 spiro atoms. The van der Waals surface area contributed by atoms with E-state index in [4.69, 9.17) is 5.26 Å². The van der Waals surface area contributed by atoms with Crippen LogP contribution >= 0.6 is 0 Å². The van der Waals surface area contributed by atoms with E-state index in [1.54, 1.807) is 23.0 Å². The van der Waals surface area contributed by atoms with Crippen LogP contribution in [0.4, 0.5) is 5.69 Å². The molecule has 22 heavy (non-hydrogen) atoms. The third-order valence-corrected chi connectivity index (χ3v) is 3.01. The second-order valence-electron chi connectivity index (χ2n) is 4.42. The van der Waals surface area contributed by atoms with Crippen molar-refractivity contribution >= 4 is 11.8 Å². The van der Waals surface area contributed by atoms with Crippen molar-refractivity contribution in [3.63, 3.8) is 0 Å². The van der Waals surface area contributed by atoms with Gasteiger partial charge < -0.3 is 5.32 Å². The minimum Gasteiger partial charge on any atom is -0.360 e. The van der Waals surface area contributed by atoms with E-state index in [2.05, 4.69) is 26.9 Å². The second-order valence-corrected chi connectivity index (χ2v) is 4.42. The molecule has 3 aromatic rings. The summed E-state index contributed by atoms with van der Waals surface area (Å²) < 4.78 is 1.63. The molecule has 6 nitrogen and oxygen atoms in total. The summed E-state index contributed by atoms with van der Waals surface area (Å²) in [7, 11) is 0. The Morgan fingerprint density at radius 3 is 2.64 bits per heavy atom. The number of tetrazole rings is 1. The molecule has 0 bridgehead atoms. The van der Waals surface area contributed by atoms with Crippen LogP contribution in [0.2, 0.25) is 0 Å². The summed E-state index contributed by atoms with van der Waals surface area (Å²) in [5, 5.41) is 23.7. The Bertz CT molecular complexity index is 829. The maximum Gasteiger partial charge on any atom is 0.181 e. The number of hydrogen-bond acceptors (Lipinski definition) is 5. The average Bonchev–Trinajstić information content (AvgIpc) is 3.04. The molecule has 0 unspecified atom stereocenters. The van der Waals surface area contributed by atoms with Crippen LogP contribution < -0.4 is 5.32 Å². The lowest BCUT2D eigenvalue weighted by Gasteiger charge is -2.03. The van der Waals surface area contributed by atoms with E-state index in [9.17, 15) is 0 Å². The Balaban J connectivity index is 1.80. The standard InChI is InChI=1S/C16H12N6/c17-12-13-6-4-5-9-15(13)18-11-10-16-19-20-21-22(16)14-7-2-1-3-8-14/h1-11,18H/b11-10-. The van der Waals surface area contributed by atoms with Crippen molar-refractivity contribution in [1.82, 2.24) is 20.2 Å². The Hall–Kier alpha value is -3.46. The zero-order valence-electron chi connectivity index (χ0n) is 11.6. The number of nitrogens with one attached hydrogen (secondary N) is 1. The smallest absolute Gasteiger partial charge is 0.181 e. The van der Waals surface area contributed by atoms with Gasteiger partial charge in [0.1, 0.15) is 6.07 Å². The summed E-state index contributed by atoms with van der Waals surface area (Å²) in [4.78, 5) is 0. The van der Waals surface area contributed by atoms with E-state index >= 15 is 0 Å². The van der Waals surface area contributed by atoms with Gasteiger partial charge in [-0.05, 0) is 34.7 Å². The molecule has 1 heterocycles. The van der Waals surface area contributed by atoms with Gasteiger partial charge in [0, 0.05) is 12.3 Å². The van der Waals surface area contributed by atoms with Gasteiger partial charge in [-0.15, -0.1) is 5.10 Å². The van der Waals surface area contributed by atoms with Crippen molar-refractivity contribution in [2.75, 3.05) is 5.32 Å². The molecule has 0 amide bonds. The Kier molecular flexibility index (Phi) is 3.89. The van der Waals surface area contributed by atoms with Crippen LogP contribution in [0.15, 0.2) is 60.8 Å². The number of hydrogen-bond donors (Lipinski definition) is 1. The largest absolute Gasteiger partial charge is 0.360 e. The fraction of sp³-hybridized carbons (Fsp3) is 0. The van der Waals surface area contributed by atoms with E-state index in [1.807, 2.05) is 48.5 Å². The third kappa shape index (κ3) is 2.83. The zero-order valence-corrected chi connectivity index (χ0v) is 11.6. The predicted octanol–water partition coefficient (Wildman–Crippen LogP) is 2.62. The van der Waals surface area contributed by atoms with Crippen molar-refractivity contribution in [2.24, 2.45) is 0 Å². The van der Waals surface area contributed by atoms with Crippen molar-refractivity contribution in [2.45, 2.75) is 0 Å². The minimum atomic E-state index is 0.579. The van der Waals surface area contributed by atoms with Crippen LogP contribution in [-0.2, 0) is 0 Å². The van der Waals surface area contributed by atoms with Gasteiger partial charge in [-0.25, -0.2) is 0 Å². The predicted molar refractivity (Wildman–Crippen MR) is 83.0 cm³/mol. The number of nitrogens with zero attached hydrogens (tertiary/aromatic N) is 5. The molecule has 0 radical (unpaired) electrons. The SMILES string of the molecule is N#Cc1ccccc1N/C=C\c1nnnn1-c1ccccc1. The van der Waals surface area contributed by atoms with Crippen molar-refractivity contribution in [1.29, 1.82) is 5.26 Å². The van der Waals surface area contributed by atoms with Crippen LogP contribution in [-0.4, -0.2) is 20.2 Å². The molecular weight excluding hydrogens is 276 g/mol. The first-order chi connectivity index (χ1) is 10.9. The summed E-state index contributed by atoms with van der Waals surface area (Å²) in [5.74, 6) is 0.591. The molecule has 0 atom stereocenters. The summed E-state index contributed by atoms with van der Waals surface area (Å²) in [6, 6.07) is 19.0. The molecule has 1 N–H and O–H groups in total. The van der Waals surface area contributed by atoms with E-state index in [0.29, 0.717) is 11.4 Å². The monoisotopic (exact) mass is 288 g/mol. The van der Waals surface area contributed by atoms with Gasteiger partial charge in [0.15, 0.2) is 5.82 Å². The molecule has 1 aromatic heterocycles. The first-order valence-corrected chi connectivity index (χ1v) is 6.64. The van der Waals surface area contributed by atoms with Crippen LogP contribution in [0, 0.1) is 11.3 Å². The molecule has 0 aliphatic rings. The average molecular weight is 288 g/mol. The lowest BCUT2D eigenvalue weighted by molar-refractivity contribution is 0.787. The van der Waals surface area contributed by atoms with Crippen molar-refractivity contribution in [3.8, 4) is 11.8 Å². The minimum absolute atomic E-state index is 0.579. The number of rotatable bonds is 4. The molecule has 0 aliphatic carbocycles. The molecule has 3 rings (SSSR count). The van der Waals surface area contributed by atoms with Crippen LogP contribution in [0.25, 0.3) is 11.8 Å². The first kappa shape index (κ1) is 13.5. The highest BCUT2D eigenvalue weighted by molar-refractivity contribution is 5.60. The summed E-state index contributed by atoms with van der Waals surface area (Å²) in [6.07, 6.45) is 3.46. The lowest BCUT2D eigenvalue weighted by atomic mass is 10.2. The van der Waals surface area contributed by atoms with E-state index in [-0.39, 0.29) is 0 Å². The van der Waals surface area contributed by atoms with Gasteiger partial charge in [-0.2, -0.15) is 9.94 Å². The maximum absolute atomic E-state index is 9.04. The first-order valence-electron chi connectivity index (χ1n) is 6.64. The molecule has 6 heteroatoms. The van der Waals surface area contributed by atoms with Crippen molar-refractivity contribution in [3.05, 3.63) is 72.2 Å². The Morgan fingerprint density at radius 2 is 1.82 bits per heavy atom. The van der Waals surface area contributed by atoms with E-state index in [1.165, 1.54) is 0 Å². The van der Waals surface area contributed by atoms with Gasteiger partial charge in [-0.1, -0.05) is 30.3 Å². The number of para-hydroxylation sites is 2. The molecule has 0 fully saturated rings. The van der Waals surface area contributed by atoms with Gasteiger partial charge in [0.25, 0.3) is 0 Å². The van der Waals surface area contributed by atoms with Gasteiger partial charge in [0.2, 0.25) is 0 Å². The van der Waals surface area contributed by atoms with E-state index < -0.39 is 0 Å². The van der Waals surface area contributed by atoms with Gasteiger partial charge >= 0.3 is 0 Å². The summed E-state index contributed by atoms with van der Waals surface area (Å²) in [5.41, 5.74) is 2.19. The Labute approximate surface area is 127 Å². The van der Waals surface area contributed by atoms with Crippen LogP contribution in [0.5, 0.6) is 0 Å². The molecular formula is C16H12N6. The number of anilines is 1. The quantitative estimate of drug-likeness (QED) is 0.798. The fourth-order valence-electron chi connectivity index (χ4n) is 1.96. The second kappa shape index (κ2) is 6.33. The van der Waals surface area contributed by atoms with Crippen molar-refractivity contribution < 1.29 is 0 Å². The highest BCUT2D eigenvalue weighted by Crippen LogP contribution is 2.14. The normalized spacial score (nSPS) is 10.5. The molecule has 2 aromatic carbocycles. The topological polar surface area (TPSA) is 79.4 Å². The highest BCUT2D eigenvalue weighted by atomic mass is 15.5. The number of benzene rings is 2. The molecule has 0 saturated carbocycles. The summed E-state index contributed by atoms with van der Waals surface area (Å²) >= 11 is 0. The number of nitriles is 1. The zero-order chi connectivity index (χ0) is 15.2. The number of aromatic nitrogens is 4. The van der Waals surface area contributed by atoms with Crippen LogP contribution in [0.3, 0.4) is 0 Å². The van der Waals surface area contributed by atoms with E-state index in [0.717, 1.165) is 11.4 Å². The third-order valence-electron chi connectivity index (χ3n) is 3.01. The Morgan fingerprint density at radius 1 is 1.05 bits per heavy atom. The molecule has 0 aliphatic heterocycles.